The van der Waals surface area contributed by atoms with E-state index in [1.165, 1.54) is 30.3 Å². The zero-order valence-corrected chi connectivity index (χ0v) is 14.3. The normalized spacial score (nSPS) is 16.9. The van der Waals surface area contributed by atoms with Crippen molar-refractivity contribution in [1.29, 1.82) is 0 Å². The lowest BCUT2D eigenvalue weighted by Crippen LogP contribution is -2.43. The third-order valence-corrected chi connectivity index (χ3v) is 4.54. The summed E-state index contributed by atoms with van der Waals surface area (Å²) in [7, 11) is -4.73. The number of carbonyl (C=O) groups is 1. The number of aromatic hydroxyl groups is 1. The number of nitrogens with one attached hydrogen (secondary N) is 1. The molecule has 0 saturated heterocycles. The molecular formula is C16H20NO7P. The number of rotatable bonds is 6. The third kappa shape index (κ3) is 4.36. The Bertz CT molecular complexity index is 761. The van der Waals surface area contributed by atoms with Crippen LogP contribution >= 0.6 is 7.75 Å². The summed E-state index contributed by atoms with van der Waals surface area (Å²) in [6, 6.07) is 5.73. The quantitative estimate of drug-likeness (QED) is 0.322. The summed E-state index contributed by atoms with van der Waals surface area (Å²) in [5.41, 5.74) is -0.281. The molecule has 1 aromatic rings. The van der Waals surface area contributed by atoms with Gasteiger partial charge in [0.1, 0.15) is 5.75 Å². The largest absolute Gasteiger partial charge is 0.508 e. The van der Waals surface area contributed by atoms with Gasteiger partial charge in [-0.3, -0.25) is 9.88 Å². The second-order valence-electron chi connectivity index (χ2n) is 5.76. The fourth-order valence-corrected chi connectivity index (χ4v) is 3.49. The van der Waals surface area contributed by atoms with Gasteiger partial charge < -0.3 is 25.1 Å². The second kappa shape index (κ2) is 7.11. The Morgan fingerprint density at radius 1 is 1.24 bits per heavy atom. The van der Waals surface area contributed by atoms with E-state index in [9.17, 15) is 24.7 Å². The number of phenolic OH excluding ortho intramolecular Hbond substituents is 1. The monoisotopic (exact) mass is 369 g/mol. The minimum atomic E-state index is -4.73. The van der Waals surface area contributed by atoms with Crippen LogP contribution in [0.4, 0.5) is 0 Å². The smallest absolute Gasteiger partial charge is 0.427 e. The molecule has 1 aliphatic rings. The van der Waals surface area contributed by atoms with E-state index in [0.29, 0.717) is 5.56 Å². The molecule has 1 aromatic carbocycles. The number of hydrogen-bond acceptors (Lipinski definition) is 5. The van der Waals surface area contributed by atoms with Gasteiger partial charge in [0.05, 0.1) is 5.57 Å². The molecule has 0 fully saturated rings. The Hall–Kier alpha value is -1.96. The summed E-state index contributed by atoms with van der Waals surface area (Å²) in [5.74, 6) is -4.36. The summed E-state index contributed by atoms with van der Waals surface area (Å²) in [6.45, 7) is 1.68. The molecule has 1 atom stereocenters. The first-order valence-corrected chi connectivity index (χ1v) is 9.19. The minimum Gasteiger partial charge on any atom is -0.508 e. The molecule has 0 aromatic heterocycles. The first-order valence-electron chi connectivity index (χ1n) is 7.58. The van der Waals surface area contributed by atoms with Crippen molar-refractivity contribution in [3.63, 3.8) is 0 Å². The highest BCUT2D eigenvalue weighted by atomic mass is 31.2. The highest BCUT2D eigenvalue weighted by Crippen LogP contribution is 2.41. The molecule has 8 nitrogen and oxygen atoms in total. The second-order valence-corrected chi connectivity index (χ2v) is 7.07. The van der Waals surface area contributed by atoms with Crippen LogP contribution in [0.1, 0.15) is 31.2 Å². The summed E-state index contributed by atoms with van der Waals surface area (Å²) >= 11 is 0. The van der Waals surface area contributed by atoms with E-state index in [-0.39, 0.29) is 24.3 Å². The topological polar surface area (TPSA) is 147 Å². The molecule has 25 heavy (non-hydrogen) atoms. The molecule has 6 N–H and O–H groups in total. The first-order chi connectivity index (χ1) is 11.6. The van der Waals surface area contributed by atoms with Gasteiger partial charge in [-0.25, -0.2) is 4.57 Å². The number of ketones is 1. The van der Waals surface area contributed by atoms with Gasteiger partial charge >= 0.3 is 7.75 Å². The van der Waals surface area contributed by atoms with Crippen LogP contribution in [0.5, 0.6) is 5.75 Å². The van der Waals surface area contributed by atoms with Crippen LogP contribution in [0.25, 0.3) is 0 Å². The highest BCUT2D eigenvalue weighted by Gasteiger charge is 2.44. The number of hydrogen-bond donors (Lipinski definition) is 6. The number of aliphatic hydroxyl groups is 2. The molecule has 0 radical (unpaired) electrons. The third-order valence-electron chi connectivity index (χ3n) is 3.98. The van der Waals surface area contributed by atoms with E-state index in [2.05, 4.69) is 0 Å². The Labute approximate surface area is 144 Å². The van der Waals surface area contributed by atoms with Crippen LogP contribution in [-0.2, 0) is 9.36 Å². The zero-order valence-electron chi connectivity index (χ0n) is 13.5. The number of allylic oxidation sites excluding steroid dienone is 2. The van der Waals surface area contributed by atoms with Crippen molar-refractivity contribution in [3.05, 3.63) is 53.3 Å². The summed E-state index contributed by atoms with van der Waals surface area (Å²) in [5, 5.41) is 32.8. The van der Waals surface area contributed by atoms with Gasteiger partial charge in [-0.15, -0.1) is 0 Å². The van der Waals surface area contributed by atoms with Gasteiger partial charge in [0, 0.05) is 18.0 Å². The lowest BCUT2D eigenvalue weighted by atomic mass is 9.80. The van der Waals surface area contributed by atoms with Gasteiger partial charge in [0.15, 0.2) is 5.78 Å². The molecule has 0 spiro atoms. The molecule has 1 aliphatic carbocycles. The van der Waals surface area contributed by atoms with Gasteiger partial charge in [-0.2, -0.15) is 0 Å². The van der Waals surface area contributed by atoms with E-state index in [1.54, 1.807) is 6.92 Å². The fraction of sp³-hybridized carbons (Fsp3) is 0.312. The Morgan fingerprint density at radius 2 is 1.84 bits per heavy atom. The lowest BCUT2D eigenvalue weighted by Gasteiger charge is -2.35. The van der Waals surface area contributed by atoms with Gasteiger partial charge in [0.25, 0.3) is 0 Å². The molecule has 0 bridgehead atoms. The van der Waals surface area contributed by atoms with Crippen molar-refractivity contribution < 1.29 is 34.5 Å². The minimum absolute atomic E-state index is 0.000158. The molecule has 0 saturated carbocycles. The average Bonchev–Trinajstić information content (AvgIpc) is 2.47. The van der Waals surface area contributed by atoms with E-state index >= 15 is 0 Å². The molecule has 0 amide bonds. The van der Waals surface area contributed by atoms with Crippen LogP contribution in [0, 0.1) is 0 Å². The predicted molar refractivity (Wildman–Crippen MR) is 89.3 cm³/mol. The maximum absolute atomic E-state index is 12.2. The Morgan fingerprint density at radius 3 is 2.36 bits per heavy atom. The summed E-state index contributed by atoms with van der Waals surface area (Å²) in [4.78, 5) is 30.5. The van der Waals surface area contributed by atoms with Gasteiger partial charge in [-0.1, -0.05) is 25.1 Å². The first kappa shape index (κ1) is 19.4. The molecule has 136 valence electrons. The highest BCUT2D eigenvalue weighted by molar-refractivity contribution is 7.49. The molecule has 1 unspecified atom stereocenters. The van der Waals surface area contributed by atoms with Crippen molar-refractivity contribution in [2.24, 2.45) is 0 Å². The Kier molecular flexibility index (Phi) is 5.51. The van der Waals surface area contributed by atoms with Crippen molar-refractivity contribution in [3.8, 4) is 5.75 Å². The van der Waals surface area contributed by atoms with Gasteiger partial charge in [-0.05, 0) is 30.2 Å². The number of benzene rings is 1. The maximum atomic E-state index is 12.2. The molecular weight excluding hydrogens is 349 g/mol. The van der Waals surface area contributed by atoms with Crippen molar-refractivity contribution >= 4 is 13.5 Å². The van der Waals surface area contributed by atoms with Gasteiger partial charge in [0.2, 0.25) is 5.79 Å². The van der Waals surface area contributed by atoms with E-state index in [0.717, 1.165) is 6.08 Å². The summed E-state index contributed by atoms with van der Waals surface area (Å²) < 4.78 is 11.2. The van der Waals surface area contributed by atoms with Crippen LogP contribution in [0.2, 0.25) is 0 Å². The van der Waals surface area contributed by atoms with E-state index in [4.69, 9.17) is 9.79 Å². The van der Waals surface area contributed by atoms with Crippen molar-refractivity contribution in [1.82, 2.24) is 5.09 Å². The number of phenols is 1. The average molecular weight is 369 g/mol. The van der Waals surface area contributed by atoms with Crippen LogP contribution in [-0.4, -0.2) is 36.7 Å². The van der Waals surface area contributed by atoms with Crippen LogP contribution in [0.3, 0.4) is 0 Å². The molecule has 0 heterocycles. The van der Waals surface area contributed by atoms with E-state index in [1.807, 2.05) is 5.09 Å². The standard InChI is InChI=1S/C16H20NO7P/c1-2-12(10-6-8-11(18)9-7-10)16(20,21)15-13(17-25(22,23)24)4-3-5-14(15)19/h3,5-9,12,18,20-21H,2,4H2,1H3,(H3,17,22,23,24). The van der Waals surface area contributed by atoms with Crippen LogP contribution < -0.4 is 5.09 Å². The van der Waals surface area contributed by atoms with Crippen molar-refractivity contribution in [2.75, 3.05) is 0 Å². The molecule has 9 heteroatoms. The SMILES string of the molecule is CCC(c1ccc(O)cc1)C(O)(O)C1=C(NP(=O)(O)O)CC=CC1=O. The van der Waals surface area contributed by atoms with E-state index < -0.39 is 30.8 Å². The summed E-state index contributed by atoms with van der Waals surface area (Å²) in [6.07, 6.45) is 2.68. The van der Waals surface area contributed by atoms with Crippen LogP contribution in [0.15, 0.2) is 47.7 Å². The maximum Gasteiger partial charge on any atom is 0.427 e. The zero-order chi connectivity index (χ0) is 18.8. The predicted octanol–water partition coefficient (Wildman–Crippen LogP) is 1.03. The Balaban J connectivity index is 2.53. The molecule has 2 rings (SSSR count). The number of carbonyl (C=O) groups excluding carboxylic acids is 1. The molecule has 0 aliphatic heterocycles. The van der Waals surface area contributed by atoms with Crippen molar-refractivity contribution in [2.45, 2.75) is 31.5 Å². The lowest BCUT2D eigenvalue weighted by molar-refractivity contribution is -0.155. The fourth-order valence-electron chi connectivity index (χ4n) is 2.93.